The normalized spacial score (nSPS) is 12.0. The maximum atomic E-state index is 6.33. The summed E-state index contributed by atoms with van der Waals surface area (Å²) >= 11 is 0. The van der Waals surface area contributed by atoms with Gasteiger partial charge >= 0.3 is 0 Å². The van der Waals surface area contributed by atoms with E-state index in [0.29, 0.717) is 0 Å². The maximum absolute atomic E-state index is 6.33. The van der Waals surface area contributed by atoms with Crippen molar-refractivity contribution in [1.82, 2.24) is 0 Å². The first kappa shape index (κ1) is 25.4. The lowest BCUT2D eigenvalue weighted by atomic mass is 9.83. The van der Waals surface area contributed by atoms with Crippen LogP contribution in [0.3, 0.4) is 0 Å². The van der Waals surface area contributed by atoms with Gasteiger partial charge in [0.05, 0.1) is 0 Å². The van der Waals surface area contributed by atoms with Crippen LogP contribution in [0.2, 0.25) is 0 Å². The topological polar surface area (TPSA) is 13.1 Å². The molecular weight excluding hydrogens is 556 g/mol. The Labute approximate surface area is 266 Å². The van der Waals surface area contributed by atoms with Gasteiger partial charge in [0, 0.05) is 10.8 Å². The van der Waals surface area contributed by atoms with Crippen molar-refractivity contribution in [1.29, 1.82) is 0 Å². The highest BCUT2D eigenvalue weighted by atomic mass is 16.3. The molecule has 0 bridgehead atoms. The molecule has 0 spiro atoms. The minimum absolute atomic E-state index is 0.941. The van der Waals surface area contributed by atoms with Crippen LogP contribution in [-0.4, -0.2) is 0 Å². The molecule has 1 heteroatoms. The summed E-state index contributed by atoms with van der Waals surface area (Å²) in [6.45, 7) is 2.15. The minimum atomic E-state index is 0.941. The van der Waals surface area contributed by atoms with E-state index >= 15 is 0 Å². The van der Waals surface area contributed by atoms with Gasteiger partial charge in [0.25, 0.3) is 0 Å². The fourth-order valence-electron chi connectivity index (χ4n) is 7.81. The predicted octanol–water partition coefficient (Wildman–Crippen LogP) is 12.9. The molecule has 0 N–H and O–H groups in total. The molecule has 10 aromatic rings. The average molecular weight is 585 g/mol. The molecule has 0 saturated heterocycles. The lowest BCUT2D eigenvalue weighted by molar-refractivity contribution is 0.669. The van der Waals surface area contributed by atoms with Crippen LogP contribution in [0.5, 0.6) is 0 Å². The van der Waals surface area contributed by atoms with Gasteiger partial charge in [-0.15, -0.1) is 0 Å². The van der Waals surface area contributed by atoms with Gasteiger partial charge in [-0.25, -0.2) is 0 Å². The molecule has 0 amide bonds. The number of rotatable bonds is 3. The summed E-state index contributed by atoms with van der Waals surface area (Å²) in [6, 6.07) is 55.6. The molecule has 214 valence electrons. The quantitative estimate of drug-likeness (QED) is 0.149. The summed E-state index contributed by atoms with van der Waals surface area (Å²) in [6.07, 6.45) is 0. The van der Waals surface area contributed by atoms with Crippen molar-refractivity contribution in [2.45, 2.75) is 6.92 Å². The van der Waals surface area contributed by atoms with Crippen molar-refractivity contribution in [3.8, 4) is 33.4 Å². The lowest BCUT2D eigenvalue weighted by Crippen LogP contribution is -1.92. The van der Waals surface area contributed by atoms with Crippen LogP contribution in [0.25, 0.3) is 98.4 Å². The summed E-state index contributed by atoms with van der Waals surface area (Å²) in [5, 5.41) is 12.4. The lowest BCUT2D eigenvalue weighted by Gasteiger charge is -2.19. The second-order valence-electron chi connectivity index (χ2n) is 12.5. The van der Waals surface area contributed by atoms with Gasteiger partial charge in [0.2, 0.25) is 0 Å². The average Bonchev–Trinajstić information content (AvgIpc) is 3.49. The van der Waals surface area contributed by atoms with Crippen molar-refractivity contribution in [2.24, 2.45) is 0 Å². The zero-order chi connectivity index (χ0) is 30.4. The molecule has 0 fully saturated rings. The molecule has 1 heterocycles. The summed E-state index contributed by atoms with van der Waals surface area (Å²) in [4.78, 5) is 0. The van der Waals surface area contributed by atoms with Gasteiger partial charge in [0.15, 0.2) is 0 Å². The van der Waals surface area contributed by atoms with Crippen molar-refractivity contribution in [3.05, 3.63) is 157 Å². The first-order chi connectivity index (χ1) is 22.7. The van der Waals surface area contributed by atoms with Crippen molar-refractivity contribution in [2.75, 3.05) is 0 Å². The van der Waals surface area contributed by atoms with Crippen molar-refractivity contribution in [3.63, 3.8) is 0 Å². The van der Waals surface area contributed by atoms with Gasteiger partial charge in [-0.3, -0.25) is 0 Å². The largest absolute Gasteiger partial charge is 0.456 e. The second-order valence-corrected chi connectivity index (χ2v) is 12.5. The van der Waals surface area contributed by atoms with Crippen LogP contribution >= 0.6 is 0 Å². The Kier molecular flexibility index (Phi) is 5.27. The van der Waals surface area contributed by atoms with Crippen LogP contribution in [0, 0.1) is 6.92 Å². The summed E-state index contributed by atoms with van der Waals surface area (Å²) < 4.78 is 6.33. The van der Waals surface area contributed by atoms with E-state index in [1.807, 2.05) is 0 Å². The first-order valence-electron chi connectivity index (χ1n) is 15.9. The van der Waals surface area contributed by atoms with Gasteiger partial charge < -0.3 is 4.42 Å². The molecule has 0 aliphatic carbocycles. The highest BCUT2D eigenvalue weighted by Crippen LogP contribution is 2.48. The molecule has 1 nitrogen and oxygen atoms in total. The molecule has 0 aliphatic rings. The predicted molar refractivity (Wildman–Crippen MR) is 196 cm³/mol. The van der Waals surface area contributed by atoms with E-state index in [9.17, 15) is 0 Å². The summed E-state index contributed by atoms with van der Waals surface area (Å²) in [5.74, 6) is 0. The summed E-state index contributed by atoms with van der Waals surface area (Å²) in [5.41, 5.74) is 10.6. The monoisotopic (exact) mass is 584 g/mol. The van der Waals surface area contributed by atoms with Gasteiger partial charge in [-0.2, -0.15) is 0 Å². The molecular formula is C45H28O. The van der Waals surface area contributed by atoms with E-state index in [-0.39, 0.29) is 0 Å². The van der Waals surface area contributed by atoms with E-state index in [2.05, 4.69) is 159 Å². The Bertz CT molecular complexity index is 2760. The van der Waals surface area contributed by atoms with E-state index in [1.165, 1.54) is 92.8 Å². The Morgan fingerprint density at radius 2 is 0.957 bits per heavy atom. The second kappa shape index (κ2) is 9.54. The fraction of sp³-hybridized carbons (Fsp3) is 0.0222. The minimum Gasteiger partial charge on any atom is -0.456 e. The van der Waals surface area contributed by atoms with Crippen LogP contribution in [0.15, 0.2) is 156 Å². The number of hydrogen-bond donors (Lipinski definition) is 0. The first-order valence-corrected chi connectivity index (χ1v) is 15.9. The third-order valence-corrected chi connectivity index (χ3v) is 9.83. The zero-order valence-electron chi connectivity index (χ0n) is 25.3. The number of hydrogen-bond acceptors (Lipinski definition) is 1. The Balaban J connectivity index is 1.26. The van der Waals surface area contributed by atoms with E-state index in [0.717, 1.165) is 11.2 Å². The van der Waals surface area contributed by atoms with Crippen LogP contribution in [0.1, 0.15) is 5.56 Å². The molecule has 0 unspecified atom stereocenters. The van der Waals surface area contributed by atoms with Gasteiger partial charge in [-0.05, 0) is 114 Å². The highest BCUT2D eigenvalue weighted by Gasteiger charge is 2.21. The van der Waals surface area contributed by atoms with E-state index in [1.54, 1.807) is 0 Å². The zero-order valence-corrected chi connectivity index (χ0v) is 25.3. The molecule has 0 atom stereocenters. The molecule has 46 heavy (non-hydrogen) atoms. The van der Waals surface area contributed by atoms with Gasteiger partial charge in [0.1, 0.15) is 11.2 Å². The van der Waals surface area contributed by atoms with Crippen LogP contribution in [0.4, 0.5) is 0 Å². The number of fused-ring (bicyclic) bond motifs is 3. The van der Waals surface area contributed by atoms with Crippen molar-refractivity contribution >= 4 is 65.0 Å². The SMILES string of the molecule is Cc1ccc2cc(-c3cccc(-c4c5ccccc5c(-c5cc6cccc7oc8cccc5c8c67)c5ccccc45)c3)ccc2c1. The van der Waals surface area contributed by atoms with Crippen LogP contribution < -0.4 is 0 Å². The molecule has 0 aliphatic heterocycles. The molecule has 1 aromatic heterocycles. The smallest absolute Gasteiger partial charge is 0.136 e. The van der Waals surface area contributed by atoms with Gasteiger partial charge in [-0.1, -0.05) is 127 Å². The molecule has 10 rings (SSSR count). The van der Waals surface area contributed by atoms with E-state index < -0.39 is 0 Å². The number of furan rings is 1. The third-order valence-electron chi connectivity index (χ3n) is 9.83. The standard InChI is InChI=1S/C45H28O/c1-27-19-20-30-24-31(22-21-29(30)23-27)28-9-6-10-32(25-28)42-34-12-2-4-14-36(34)44(37-15-5-3-13-35(37)42)39-26-33-11-7-17-40-43(33)45-38(39)16-8-18-41(45)46-40/h2-26H,1H3. The Hall–Kier alpha value is -5.92. The van der Waals surface area contributed by atoms with E-state index in [4.69, 9.17) is 4.42 Å². The molecule has 0 radical (unpaired) electrons. The molecule has 9 aromatic carbocycles. The summed E-state index contributed by atoms with van der Waals surface area (Å²) in [7, 11) is 0. The maximum Gasteiger partial charge on any atom is 0.136 e. The Morgan fingerprint density at radius 3 is 1.74 bits per heavy atom. The third kappa shape index (κ3) is 3.63. The van der Waals surface area contributed by atoms with Crippen molar-refractivity contribution < 1.29 is 4.42 Å². The number of aryl methyl sites for hydroxylation is 1. The van der Waals surface area contributed by atoms with Crippen LogP contribution in [-0.2, 0) is 0 Å². The number of benzene rings is 9. The molecule has 0 saturated carbocycles. The fourth-order valence-corrected chi connectivity index (χ4v) is 7.81. The Morgan fingerprint density at radius 1 is 0.370 bits per heavy atom. The highest BCUT2D eigenvalue weighted by molar-refractivity contribution is 6.29.